The molecule has 0 bridgehead atoms. The molecule has 0 heterocycles. The maximum Gasteiger partial charge on any atom is 0.236 e. The van der Waals surface area contributed by atoms with Crippen molar-refractivity contribution in [3.63, 3.8) is 0 Å². The van der Waals surface area contributed by atoms with E-state index in [1.165, 1.54) is 5.56 Å². The molecule has 0 aromatic heterocycles. The molecule has 0 saturated carbocycles. The van der Waals surface area contributed by atoms with Crippen molar-refractivity contribution < 1.29 is 4.79 Å². The van der Waals surface area contributed by atoms with Gasteiger partial charge in [0, 0.05) is 13.6 Å². The Kier molecular flexibility index (Phi) is 5.25. The number of hydrogen-bond donors (Lipinski definition) is 1. The highest BCUT2D eigenvalue weighted by Crippen LogP contribution is 2.06. The first kappa shape index (κ1) is 13.3. The normalized spacial score (nSPS) is 9.71. The van der Waals surface area contributed by atoms with Gasteiger partial charge in [0.2, 0.25) is 5.91 Å². The molecule has 1 amide bonds. The van der Waals surface area contributed by atoms with Crippen molar-refractivity contribution in [1.29, 1.82) is 0 Å². The predicted molar refractivity (Wildman–Crippen MR) is 69.4 cm³/mol. The fraction of sp³-hybridized carbons (Fsp3) is 0.357. The molecule has 0 atom stereocenters. The second-order valence-electron chi connectivity index (χ2n) is 4.05. The number of carbonyl (C=O) groups is 1. The third-order valence-corrected chi connectivity index (χ3v) is 2.43. The Morgan fingerprint density at radius 1 is 1.53 bits per heavy atom. The molecule has 1 rings (SSSR count). The number of benzene rings is 1. The molecule has 0 aliphatic carbocycles. The third kappa shape index (κ3) is 4.71. The van der Waals surface area contributed by atoms with Crippen molar-refractivity contribution in [2.45, 2.75) is 13.5 Å². The molecular weight excluding hydrogens is 212 g/mol. The van der Waals surface area contributed by atoms with E-state index in [0.717, 1.165) is 5.56 Å². The van der Waals surface area contributed by atoms with Crippen molar-refractivity contribution in [2.24, 2.45) is 0 Å². The molecule has 0 radical (unpaired) electrons. The first-order chi connectivity index (χ1) is 8.13. The number of rotatable bonds is 5. The van der Waals surface area contributed by atoms with E-state index < -0.39 is 0 Å². The largest absolute Gasteiger partial charge is 0.340 e. The van der Waals surface area contributed by atoms with Gasteiger partial charge < -0.3 is 4.90 Å². The van der Waals surface area contributed by atoms with Crippen LogP contribution < -0.4 is 5.32 Å². The van der Waals surface area contributed by atoms with Gasteiger partial charge >= 0.3 is 0 Å². The number of hydrogen-bond acceptors (Lipinski definition) is 2. The summed E-state index contributed by atoms with van der Waals surface area (Å²) < 4.78 is 0. The van der Waals surface area contributed by atoms with E-state index in [2.05, 4.69) is 17.3 Å². The van der Waals surface area contributed by atoms with Gasteiger partial charge in [0.15, 0.2) is 0 Å². The van der Waals surface area contributed by atoms with Gasteiger partial charge in [-0.2, -0.15) is 0 Å². The number of amides is 1. The van der Waals surface area contributed by atoms with E-state index in [1.807, 2.05) is 25.1 Å². The van der Waals surface area contributed by atoms with Crippen LogP contribution in [0.5, 0.6) is 0 Å². The Labute approximate surface area is 103 Å². The van der Waals surface area contributed by atoms with Gasteiger partial charge in [0.1, 0.15) is 0 Å². The molecule has 1 N–H and O–H groups in total. The molecule has 1 aromatic carbocycles. The van der Waals surface area contributed by atoms with E-state index in [1.54, 1.807) is 11.9 Å². The zero-order chi connectivity index (χ0) is 12.7. The monoisotopic (exact) mass is 230 g/mol. The molecular formula is C14H18N2O. The van der Waals surface area contributed by atoms with Crippen LogP contribution in [-0.2, 0) is 11.3 Å². The summed E-state index contributed by atoms with van der Waals surface area (Å²) in [6, 6.07) is 8.14. The second-order valence-corrected chi connectivity index (χ2v) is 4.05. The number of terminal acetylenes is 1. The quantitative estimate of drug-likeness (QED) is 0.608. The number of carbonyl (C=O) groups excluding carboxylic acids is 1. The lowest BCUT2D eigenvalue weighted by atomic mass is 10.1. The van der Waals surface area contributed by atoms with Gasteiger partial charge in [-0.3, -0.25) is 10.1 Å². The van der Waals surface area contributed by atoms with Crippen LogP contribution in [0.2, 0.25) is 0 Å². The van der Waals surface area contributed by atoms with Crippen LogP contribution in [0.15, 0.2) is 24.3 Å². The van der Waals surface area contributed by atoms with Gasteiger partial charge in [-0.15, -0.1) is 6.42 Å². The summed E-state index contributed by atoms with van der Waals surface area (Å²) in [6.07, 6.45) is 5.09. The smallest absolute Gasteiger partial charge is 0.236 e. The second kappa shape index (κ2) is 6.72. The average molecular weight is 230 g/mol. The van der Waals surface area contributed by atoms with Crippen molar-refractivity contribution in [3.8, 4) is 12.3 Å². The van der Waals surface area contributed by atoms with Gasteiger partial charge in [0.25, 0.3) is 0 Å². The van der Waals surface area contributed by atoms with E-state index in [0.29, 0.717) is 13.1 Å². The molecule has 3 nitrogen and oxygen atoms in total. The van der Waals surface area contributed by atoms with Gasteiger partial charge in [-0.25, -0.2) is 0 Å². The summed E-state index contributed by atoms with van der Waals surface area (Å²) in [5.74, 6) is 2.48. The van der Waals surface area contributed by atoms with Gasteiger partial charge in [-0.05, 0) is 12.5 Å². The van der Waals surface area contributed by atoms with Crippen LogP contribution in [0.1, 0.15) is 11.1 Å². The minimum absolute atomic E-state index is 0.0433. The Hall–Kier alpha value is -1.79. The lowest BCUT2D eigenvalue weighted by Gasteiger charge is -2.17. The lowest BCUT2D eigenvalue weighted by molar-refractivity contribution is -0.129. The number of aryl methyl sites for hydroxylation is 1. The van der Waals surface area contributed by atoms with Crippen molar-refractivity contribution in [3.05, 3.63) is 35.4 Å². The first-order valence-corrected chi connectivity index (χ1v) is 5.57. The van der Waals surface area contributed by atoms with Gasteiger partial charge in [0.05, 0.1) is 13.1 Å². The predicted octanol–water partition coefficient (Wildman–Crippen LogP) is 1.18. The van der Waals surface area contributed by atoms with Crippen molar-refractivity contribution >= 4 is 5.91 Å². The highest BCUT2D eigenvalue weighted by molar-refractivity contribution is 5.78. The maximum absolute atomic E-state index is 11.7. The molecule has 0 saturated heterocycles. The Morgan fingerprint density at radius 2 is 2.29 bits per heavy atom. The molecule has 0 aliphatic heterocycles. The van der Waals surface area contributed by atoms with E-state index in [-0.39, 0.29) is 12.5 Å². The molecule has 0 spiro atoms. The third-order valence-electron chi connectivity index (χ3n) is 2.43. The van der Waals surface area contributed by atoms with E-state index in [9.17, 15) is 4.79 Å². The lowest BCUT2D eigenvalue weighted by Crippen LogP contribution is -2.35. The van der Waals surface area contributed by atoms with Crippen LogP contribution in [0.25, 0.3) is 0 Å². The Bertz CT molecular complexity index is 420. The Balaban J connectivity index is 2.46. The summed E-state index contributed by atoms with van der Waals surface area (Å²) in [7, 11) is 1.79. The van der Waals surface area contributed by atoms with E-state index in [4.69, 9.17) is 6.42 Å². The first-order valence-electron chi connectivity index (χ1n) is 5.57. The highest BCUT2D eigenvalue weighted by atomic mass is 16.2. The summed E-state index contributed by atoms with van der Waals surface area (Å²) in [6.45, 7) is 3.37. The number of nitrogens with zero attached hydrogens (tertiary/aromatic N) is 1. The van der Waals surface area contributed by atoms with E-state index >= 15 is 0 Å². The molecule has 90 valence electrons. The van der Waals surface area contributed by atoms with Crippen LogP contribution in [-0.4, -0.2) is 30.9 Å². The minimum Gasteiger partial charge on any atom is -0.340 e. The molecule has 1 aromatic rings. The standard InChI is InChI=1S/C14H18N2O/c1-4-8-15-10-14(17)16(3)11-13-7-5-6-12(2)9-13/h1,5-7,9,15H,8,10-11H2,2-3H3. The summed E-state index contributed by atoms with van der Waals surface area (Å²) in [4.78, 5) is 13.4. The van der Waals surface area contributed by atoms with Crippen LogP contribution in [0.3, 0.4) is 0 Å². The topological polar surface area (TPSA) is 32.3 Å². The molecule has 0 unspecified atom stereocenters. The van der Waals surface area contributed by atoms with Crippen molar-refractivity contribution in [2.75, 3.05) is 20.1 Å². The highest BCUT2D eigenvalue weighted by Gasteiger charge is 2.08. The molecule has 0 aliphatic rings. The minimum atomic E-state index is 0.0433. The zero-order valence-corrected chi connectivity index (χ0v) is 10.4. The summed E-state index contributed by atoms with van der Waals surface area (Å²) >= 11 is 0. The van der Waals surface area contributed by atoms with Crippen LogP contribution >= 0.6 is 0 Å². The molecule has 3 heteroatoms. The van der Waals surface area contributed by atoms with Gasteiger partial charge in [-0.1, -0.05) is 35.7 Å². The summed E-state index contributed by atoms with van der Waals surface area (Å²) in [5.41, 5.74) is 2.34. The van der Waals surface area contributed by atoms with Crippen molar-refractivity contribution in [1.82, 2.24) is 10.2 Å². The maximum atomic E-state index is 11.7. The SMILES string of the molecule is C#CCNCC(=O)N(C)Cc1cccc(C)c1. The fourth-order valence-electron chi connectivity index (χ4n) is 1.55. The van der Waals surface area contributed by atoms with Crippen LogP contribution in [0, 0.1) is 19.3 Å². The summed E-state index contributed by atoms with van der Waals surface area (Å²) in [5, 5.41) is 2.89. The number of likely N-dealkylation sites (N-methyl/N-ethyl adjacent to an activating group) is 1. The Morgan fingerprint density at radius 3 is 2.94 bits per heavy atom. The fourth-order valence-corrected chi connectivity index (χ4v) is 1.55. The molecule has 17 heavy (non-hydrogen) atoms. The average Bonchev–Trinajstić information content (AvgIpc) is 2.29. The zero-order valence-electron chi connectivity index (χ0n) is 10.4. The molecule has 0 fully saturated rings. The number of nitrogens with one attached hydrogen (secondary N) is 1. The van der Waals surface area contributed by atoms with Crippen LogP contribution in [0.4, 0.5) is 0 Å².